The van der Waals surface area contributed by atoms with Crippen molar-refractivity contribution in [1.82, 2.24) is 0 Å². The molecule has 0 amide bonds. The standard InChI is InChI=1S/C11H14N2O2.ClH/c1-2-15-11(14)10-7-12-8-5-3-4-6-9(8)13-10;/h3-6,10,12-13H,2,7H2,1H3;1H. The molecule has 0 spiro atoms. The van der Waals surface area contributed by atoms with Gasteiger partial charge in [0.05, 0.1) is 18.0 Å². The van der Waals surface area contributed by atoms with Gasteiger partial charge in [0, 0.05) is 6.54 Å². The van der Waals surface area contributed by atoms with E-state index >= 15 is 0 Å². The lowest BCUT2D eigenvalue weighted by atomic mass is 10.1. The van der Waals surface area contributed by atoms with Gasteiger partial charge in [-0.15, -0.1) is 12.4 Å². The lowest BCUT2D eigenvalue weighted by Gasteiger charge is -2.26. The van der Waals surface area contributed by atoms with Crippen LogP contribution in [0.15, 0.2) is 24.3 Å². The van der Waals surface area contributed by atoms with Crippen molar-refractivity contribution in [2.45, 2.75) is 13.0 Å². The van der Waals surface area contributed by atoms with Crippen LogP contribution >= 0.6 is 12.4 Å². The van der Waals surface area contributed by atoms with Crippen molar-refractivity contribution in [3.8, 4) is 0 Å². The van der Waals surface area contributed by atoms with E-state index in [4.69, 9.17) is 4.74 Å². The molecule has 0 saturated heterocycles. The number of hydrogen-bond donors (Lipinski definition) is 2. The molecular formula is C11H15ClN2O2. The number of para-hydroxylation sites is 2. The van der Waals surface area contributed by atoms with Crippen LogP contribution < -0.4 is 10.6 Å². The SMILES string of the molecule is CCOC(=O)C1CNc2ccccc2N1.Cl. The van der Waals surface area contributed by atoms with Crippen LogP contribution in [-0.4, -0.2) is 25.2 Å². The maximum absolute atomic E-state index is 11.5. The Morgan fingerprint density at radius 3 is 2.81 bits per heavy atom. The summed E-state index contributed by atoms with van der Waals surface area (Å²) in [6.45, 7) is 2.79. The van der Waals surface area contributed by atoms with Crippen LogP contribution in [0.1, 0.15) is 6.92 Å². The first-order chi connectivity index (χ1) is 7.31. The fourth-order valence-corrected chi connectivity index (χ4v) is 1.60. The number of hydrogen-bond acceptors (Lipinski definition) is 4. The van der Waals surface area contributed by atoms with Crippen LogP contribution in [0.4, 0.5) is 11.4 Å². The van der Waals surface area contributed by atoms with Gasteiger partial charge in [0.1, 0.15) is 6.04 Å². The zero-order valence-electron chi connectivity index (χ0n) is 9.03. The van der Waals surface area contributed by atoms with Crippen molar-refractivity contribution >= 4 is 29.8 Å². The zero-order valence-corrected chi connectivity index (χ0v) is 9.84. The molecule has 1 aromatic carbocycles. The number of ether oxygens (including phenoxy) is 1. The summed E-state index contributed by atoms with van der Waals surface area (Å²) in [6.07, 6.45) is 0. The van der Waals surface area contributed by atoms with Gasteiger partial charge in [0.25, 0.3) is 0 Å². The van der Waals surface area contributed by atoms with Gasteiger partial charge in [-0.1, -0.05) is 12.1 Å². The van der Waals surface area contributed by atoms with Crippen LogP contribution in [0, 0.1) is 0 Å². The van der Waals surface area contributed by atoms with Crippen molar-refractivity contribution in [2.24, 2.45) is 0 Å². The average molecular weight is 243 g/mol. The lowest BCUT2D eigenvalue weighted by molar-refractivity contribution is -0.143. The van der Waals surface area contributed by atoms with E-state index in [0.29, 0.717) is 13.2 Å². The summed E-state index contributed by atoms with van der Waals surface area (Å²) in [5.41, 5.74) is 1.97. The number of esters is 1. The maximum atomic E-state index is 11.5. The second-order valence-corrected chi connectivity index (χ2v) is 3.38. The molecule has 1 aromatic rings. The van der Waals surface area contributed by atoms with Gasteiger partial charge in [0.15, 0.2) is 0 Å². The molecule has 0 aliphatic carbocycles. The third-order valence-corrected chi connectivity index (χ3v) is 2.32. The quantitative estimate of drug-likeness (QED) is 0.778. The maximum Gasteiger partial charge on any atom is 0.330 e. The Morgan fingerprint density at radius 2 is 2.12 bits per heavy atom. The molecule has 16 heavy (non-hydrogen) atoms. The molecule has 1 unspecified atom stereocenters. The largest absolute Gasteiger partial charge is 0.464 e. The zero-order chi connectivity index (χ0) is 10.7. The summed E-state index contributed by atoms with van der Waals surface area (Å²) < 4.78 is 4.95. The van der Waals surface area contributed by atoms with E-state index in [2.05, 4.69) is 10.6 Å². The number of fused-ring (bicyclic) bond motifs is 1. The molecular weight excluding hydrogens is 228 g/mol. The van der Waals surface area contributed by atoms with Crippen LogP contribution in [0.5, 0.6) is 0 Å². The Labute approximate surface area is 101 Å². The minimum absolute atomic E-state index is 0. The van der Waals surface area contributed by atoms with E-state index in [-0.39, 0.29) is 24.4 Å². The van der Waals surface area contributed by atoms with Crippen LogP contribution in [-0.2, 0) is 9.53 Å². The van der Waals surface area contributed by atoms with Gasteiger partial charge >= 0.3 is 5.97 Å². The summed E-state index contributed by atoms with van der Waals surface area (Å²) in [7, 11) is 0. The molecule has 0 aromatic heterocycles. The van der Waals surface area contributed by atoms with E-state index in [9.17, 15) is 4.79 Å². The molecule has 0 radical (unpaired) electrons. The number of carbonyl (C=O) groups is 1. The van der Waals surface area contributed by atoms with Crippen molar-refractivity contribution in [2.75, 3.05) is 23.8 Å². The predicted molar refractivity (Wildman–Crippen MR) is 66.2 cm³/mol. The summed E-state index contributed by atoms with van der Waals surface area (Å²) in [5.74, 6) is -0.209. The Hall–Kier alpha value is -1.42. The number of rotatable bonds is 2. The molecule has 0 fully saturated rings. The monoisotopic (exact) mass is 242 g/mol. The van der Waals surface area contributed by atoms with Gasteiger partial charge in [-0.25, -0.2) is 4.79 Å². The van der Waals surface area contributed by atoms with E-state index < -0.39 is 0 Å². The molecule has 2 N–H and O–H groups in total. The van der Waals surface area contributed by atoms with Gasteiger partial charge < -0.3 is 15.4 Å². The van der Waals surface area contributed by atoms with E-state index in [1.165, 1.54) is 0 Å². The minimum atomic E-state index is -0.292. The Bertz CT molecular complexity index is 371. The first-order valence-electron chi connectivity index (χ1n) is 5.07. The number of benzene rings is 1. The van der Waals surface area contributed by atoms with Crippen LogP contribution in [0.2, 0.25) is 0 Å². The molecule has 0 bridgehead atoms. The molecule has 0 saturated carbocycles. The topological polar surface area (TPSA) is 50.4 Å². The fourth-order valence-electron chi connectivity index (χ4n) is 1.60. The first kappa shape index (κ1) is 12.6. The van der Waals surface area contributed by atoms with E-state index in [1.54, 1.807) is 0 Å². The Balaban J connectivity index is 0.00000128. The smallest absolute Gasteiger partial charge is 0.330 e. The average Bonchev–Trinajstić information content (AvgIpc) is 2.29. The lowest BCUT2D eigenvalue weighted by Crippen LogP contribution is -2.40. The van der Waals surface area contributed by atoms with Gasteiger partial charge in [-0.05, 0) is 19.1 Å². The van der Waals surface area contributed by atoms with E-state index in [1.807, 2.05) is 31.2 Å². The number of halogens is 1. The van der Waals surface area contributed by atoms with Crippen molar-refractivity contribution in [3.63, 3.8) is 0 Å². The molecule has 88 valence electrons. The highest BCUT2D eigenvalue weighted by molar-refractivity contribution is 5.85. The molecule has 1 heterocycles. The Kier molecular flexibility index (Phi) is 4.43. The van der Waals surface area contributed by atoms with E-state index in [0.717, 1.165) is 11.4 Å². The summed E-state index contributed by atoms with van der Waals surface area (Å²) in [6, 6.07) is 7.51. The second-order valence-electron chi connectivity index (χ2n) is 3.38. The van der Waals surface area contributed by atoms with Crippen molar-refractivity contribution in [1.29, 1.82) is 0 Å². The number of nitrogens with one attached hydrogen (secondary N) is 2. The highest BCUT2D eigenvalue weighted by atomic mass is 35.5. The molecule has 5 heteroatoms. The number of carbonyl (C=O) groups excluding carboxylic acids is 1. The number of anilines is 2. The summed E-state index contributed by atoms with van der Waals surface area (Å²) in [5, 5.41) is 6.33. The molecule has 4 nitrogen and oxygen atoms in total. The Morgan fingerprint density at radius 1 is 1.44 bits per heavy atom. The highest BCUT2D eigenvalue weighted by Crippen LogP contribution is 2.25. The molecule has 1 aliphatic heterocycles. The van der Waals surface area contributed by atoms with Gasteiger partial charge in [-0.2, -0.15) is 0 Å². The third-order valence-electron chi connectivity index (χ3n) is 2.32. The predicted octanol–water partition coefficient (Wildman–Crippen LogP) is 1.88. The van der Waals surface area contributed by atoms with Gasteiger partial charge in [-0.3, -0.25) is 0 Å². The van der Waals surface area contributed by atoms with Crippen molar-refractivity contribution < 1.29 is 9.53 Å². The fraction of sp³-hybridized carbons (Fsp3) is 0.364. The minimum Gasteiger partial charge on any atom is -0.464 e. The second kappa shape index (κ2) is 5.61. The summed E-state index contributed by atoms with van der Waals surface area (Å²) >= 11 is 0. The molecule has 2 rings (SSSR count). The van der Waals surface area contributed by atoms with Gasteiger partial charge in [0.2, 0.25) is 0 Å². The van der Waals surface area contributed by atoms with Crippen LogP contribution in [0.25, 0.3) is 0 Å². The highest BCUT2D eigenvalue weighted by Gasteiger charge is 2.23. The van der Waals surface area contributed by atoms with Crippen molar-refractivity contribution in [3.05, 3.63) is 24.3 Å². The molecule has 1 atom stereocenters. The molecule has 1 aliphatic rings. The normalized spacial score (nSPS) is 17.2. The summed E-state index contributed by atoms with van der Waals surface area (Å²) in [4.78, 5) is 11.5. The van der Waals surface area contributed by atoms with Crippen LogP contribution in [0.3, 0.4) is 0 Å². The first-order valence-corrected chi connectivity index (χ1v) is 5.07. The third kappa shape index (κ3) is 2.58.